The van der Waals surface area contributed by atoms with E-state index in [9.17, 15) is 9.18 Å². The lowest BCUT2D eigenvalue weighted by Gasteiger charge is -2.13. The van der Waals surface area contributed by atoms with Crippen molar-refractivity contribution >= 4 is 5.91 Å². The van der Waals surface area contributed by atoms with Crippen molar-refractivity contribution in [3.05, 3.63) is 53.7 Å². The second-order valence-electron chi connectivity index (χ2n) is 5.60. The molecule has 9 heteroatoms. The fourth-order valence-electron chi connectivity index (χ4n) is 2.50. The van der Waals surface area contributed by atoms with Crippen molar-refractivity contribution in [2.75, 3.05) is 21.3 Å². The Hall–Kier alpha value is -3.62. The minimum absolute atomic E-state index is 0.0175. The Balaban J connectivity index is 1.71. The van der Waals surface area contributed by atoms with E-state index in [4.69, 9.17) is 18.6 Å². The quantitative estimate of drug-likeness (QED) is 0.666. The Kier molecular flexibility index (Phi) is 5.73. The molecule has 0 unspecified atom stereocenters. The van der Waals surface area contributed by atoms with E-state index in [1.54, 1.807) is 0 Å². The number of methoxy groups -OCH3 is 3. The van der Waals surface area contributed by atoms with Crippen LogP contribution in [0.4, 0.5) is 4.39 Å². The van der Waals surface area contributed by atoms with Gasteiger partial charge < -0.3 is 23.9 Å². The van der Waals surface area contributed by atoms with E-state index in [0.29, 0.717) is 28.4 Å². The molecule has 0 fully saturated rings. The Labute approximate surface area is 160 Å². The number of rotatable bonds is 7. The van der Waals surface area contributed by atoms with Gasteiger partial charge in [-0.05, 0) is 36.4 Å². The smallest absolute Gasteiger partial charge is 0.251 e. The second kappa shape index (κ2) is 8.38. The van der Waals surface area contributed by atoms with Crippen LogP contribution in [0.1, 0.15) is 16.2 Å². The first-order valence-electron chi connectivity index (χ1n) is 8.22. The molecule has 0 aliphatic carbocycles. The van der Waals surface area contributed by atoms with E-state index < -0.39 is 0 Å². The van der Waals surface area contributed by atoms with Crippen LogP contribution in [0.5, 0.6) is 17.2 Å². The first kappa shape index (κ1) is 19.2. The molecule has 3 rings (SSSR count). The van der Waals surface area contributed by atoms with Crippen LogP contribution in [0.25, 0.3) is 11.5 Å². The number of carbonyl (C=O) groups excluding carboxylic acids is 1. The maximum absolute atomic E-state index is 13.0. The van der Waals surface area contributed by atoms with Crippen molar-refractivity contribution < 1.29 is 27.8 Å². The third kappa shape index (κ3) is 4.03. The van der Waals surface area contributed by atoms with Crippen LogP contribution in [0, 0.1) is 5.82 Å². The van der Waals surface area contributed by atoms with Gasteiger partial charge in [-0.2, -0.15) is 0 Å². The van der Waals surface area contributed by atoms with Gasteiger partial charge in [0.15, 0.2) is 11.5 Å². The Morgan fingerprint density at radius 1 is 1.04 bits per heavy atom. The van der Waals surface area contributed by atoms with E-state index in [0.717, 1.165) is 0 Å². The molecule has 0 saturated heterocycles. The topological polar surface area (TPSA) is 95.7 Å². The van der Waals surface area contributed by atoms with E-state index in [1.165, 1.54) is 57.7 Å². The summed E-state index contributed by atoms with van der Waals surface area (Å²) in [6, 6.07) is 8.72. The zero-order chi connectivity index (χ0) is 20.1. The van der Waals surface area contributed by atoms with Crippen molar-refractivity contribution in [1.29, 1.82) is 0 Å². The molecule has 0 saturated carbocycles. The molecule has 0 aliphatic heterocycles. The van der Waals surface area contributed by atoms with Gasteiger partial charge >= 0.3 is 0 Å². The third-order valence-corrected chi connectivity index (χ3v) is 3.89. The van der Waals surface area contributed by atoms with Crippen LogP contribution in [0.15, 0.2) is 40.8 Å². The SMILES string of the molecule is COc1cc(C(=O)NCc2nnc(-c3ccc(F)cc3)o2)cc(OC)c1OC. The number of nitrogens with zero attached hydrogens (tertiary/aromatic N) is 2. The predicted molar refractivity (Wildman–Crippen MR) is 97.0 cm³/mol. The van der Waals surface area contributed by atoms with Crippen LogP contribution in [-0.4, -0.2) is 37.4 Å². The summed E-state index contributed by atoms with van der Waals surface area (Å²) in [5, 5.41) is 10.5. The van der Waals surface area contributed by atoms with E-state index >= 15 is 0 Å². The summed E-state index contributed by atoms with van der Waals surface area (Å²) >= 11 is 0. The first-order chi connectivity index (χ1) is 13.5. The van der Waals surface area contributed by atoms with Crippen molar-refractivity contribution in [3.8, 4) is 28.7 Å². The van der Waals surface area contributed by atoms with Crippen LogP contribution in [0.2, 0.25) is 0 Å². The van der Waals surface area contributed by atoms with Crippen LogP contribution in [-0.2, 0) is 6.54 Å². The van der Waals surface area contributed by atoms with E-state index in [1.807, 2.05) is 0 Å². The number of nitrogens with one attached hydrogen (secondary N) is 1. The lowest BCUT2D eigenvalue weighted by atomic mass is 10.1. The number of carbonyl (C=O) groups is 1. The standard InChI is InChI=1S/C19H18FN3O5/c1-25-14-8-12(9-15(26-2)17(14)27-3)18(24)21-10-16-22-23-19(28-16)11-4-6-13(20)7-5-11/h4-9H,10H2,1-3H3,(H,21,24). The molecule has 1 aromatic heterocycles. The Morgan fingerprint density at radius 2 is 1.68 bits per heavy atom. The van der Waals surface area contributed by atoms with Gasteiger partial charge in [0, 0.05) is 11.1 Å². The summed E-state index contributed by atoms with van der Waals surface area (Å²) in [5.41, 5.74) is 0.892. The van der Waals surface area contributed by atoms with Gasteiger partial charge in [0.25, 0.3) is 5.91 Å². The van der Waals surface area contributed by atoms with Crippen molar-refractivity contribution in [1.82, 2.24) is 15.5 Å². The summed E-state index contributed by atoms with van der Waals surface area (Å²) in [5.74, 6) is 0.813. The minimum atomic E-state index is -0.388. The number of aromatic nitrogens is 2. The zero-order valence-corrected chi connectivity index (χ0v) is 15.5. The number of ether oxygens (including phenoxy) is 3. The van der Waals surface area contributed by atoms with Crippen molar-refractivity contribution in [2.45, 2.75) is 6.54 Å². The van der Waals surface area contributed by atoms with Crippen molar-refractivity contribution in [3.63, 3.8) is 0 Å². The summed E-state index contributed by atoms with van der Waals surface area (Å²) in [6.07, 6.45) is 0. The molecular weight excluding hydrogens is 369 g/mol. The molecule has 3 aromatic rings. The molecule has 2 aromatic carbocycles. The molecule has 0 aliphatic rings. The van der Waals surface area contributed by atoms with Gasteiger partial charge in [-0.3, -0.25) is 4.79 Å². The van der Waals surface area contributed by atoms with E-state index in [-0.39, 0.29) is 30.1 Å². The lowest BCUT2D eigenvalue weighted by molar-refractivity contribution is 0.0946. The molecular formula is C19H18FN3O5. The molecule has 0 atom stereocenters. The molecule has 1 heterocycles. The molecule has 1 amide bonds. The number of hydrogen-bond acceptors (Lipinski definition) is 7. The molecule has 28 heavy (non-hydrogen) atoms. The van der Waals surface area contributed by atoms with E-state index in [2.05, 4.69) is 15.5 Å². The van der Waals surface area contributed by atoms with Gasteiger partial charge in [-0.1, -0.05) is 0 Å². The van der Waals surface area contributed by atoms with Crippen LogP contribution in [0.3, 0.4) is 0 Å². The molecule has 1 N–H and O–H groups in total. The first-order valence-corrected chi connectivity index (χ1v) is 8.22. The van der Waals surface area contributed by atoms with Crippen LogP contribution >= 0.6 is 0 Å². The summed E-state index contributed by atoms with van der Waals surface area (Å²) in [7, 11) is 4.41. The monoisotopic (exact) mass is 387 g/mol. The maximum atomic E-state index is 13.0. The van der Waals surface area contributed by atoms with Gasteiger partial charge in [0.2, 0.25) is 17.5 Å². The molecule has 146 valence electrons. The fourth-order valence-corrected chi connectivity index (χ4v) is 2.50. The van der Waals surface area contributed by atoms with Gasteiger partial charge in [-0.15, -0.1) is 10.2 Å². The minimum Gasteiger partial charge on any atom is -0.493 e. The average Bonchev–Trinajstić information content (AvgIpc) is 3.20. The highest BCUT2D eigenvalue weighted by Crippen LogP contribution is 2.38. The van der Waals surface area contributed by atoms with Gasteiger partial charge in [-0.25, -0.2) is 4.39 Å². The fraction of sp³-hybridized carbons (Fsp3) is 0.211. The maximum Gasteiger partial charge on any atom is 0.251 e. The number of hydrogen-bond donors (Lipinski definition) is 1. The second-order valence-corrected chi connectivity index (χ2v) is 5.60. The number of benzene rings is 2. The number of halogens is 1. The highest BCUT2D eigenvalue weighted by Gasteiger charge is 2.17. The summed E-state index contributed by atoms with van der Waals surface area (Å²) in [4.78, 5) is 12.5. The highest BCUT2D eigenvalue weighted by molar-refractivity contribution is 5.95. The third-order valence-electron chi connectivity index (χ3n) is 3.89. The number of amides is 1. The molecule has 8 nitrogen and oxygen atoms in total. The predicted octanol–water partition coefficient (Wildman–Crippen LogP) is 2.83. The lowest BCUT2D eigenvalue weighted by Crippen LogP contribution is -2.23. The summed E-state index contributed by atoms with van der Waals surface area (Å²) in [6.45, 7) is 0.0175. The average molecular weight is 387 g/mol. The molecule has 0 spiro atoms. The summed E-state index contributed by atoms with van der Waals surface area (Å²) < 4.78 is 34.2. The Morgan fingerprint density at radius 3 is 2.25 bits per heavy atom. The normalized spacial score (nSPS) is 10.4. The zero-order valence-electron chi connectivity index (χ0n) is 15.5. The molecule has 0 bridgehead atoms. The Bertz CT molecular complexity index is 947. The van der Waals surface area contributed by atoms with Crippen LogP contribution < -0.4 is 19.5 Å². The molecule has 0 radical (unpaired) electrons. The highest BCUT2D eigenvalue weighted by atomic mass is 19.1. The van der Waals surface area contributed by atoms with Gasteiger partial charge in [0.1, 0.15) is 5.82 Å². The van der Waals surface area contributed by atoms with Crippen molar-refractivity contribution in [2.24, 2.45) is 0 Å². The van der Waals surface area contributed by atoms with Gasteiger partial charge in [0.05, 0.1) is 27.9 Å². The largest absolute Gasteiger partial charge is 0.493 e.